The second-order valence-electron chi connectivity index (χ2n) is 5.56. The normalized spacial score (nSPS) is 13.5. The first-order chi connectivity index (χ1) is 11.4. The van der Waals surface area contributed by atoms with E-state index in [0.29, 0.717) is 11.1 Å². The van der Waals surface area contributed by atoms with Gasteiger partial charge < -0.3 is 15.5 Å². The van der Waals surface area contributed by atoms with E-state index in [1.165, 1.54) is 30.3 Å². The fourth-order valence-electron chi connectivity index (χ4n) is 2.38. The van der Waals surface area contributed by atoms with E-state index in [-0.39, 0.29) is 24.7 Å². The molecule has 2 aromatic carbocycles. The van der Waals surface area contributed by atoms with Gasteiger partial charge in [-0.3, -0.25) is 10.1 Å². The zero-order chi connectivity index (χ0) is 17.7. The molecular formula is C17H19FN2O4. The third-order valence-electron chi connectivity index (χ3n) is 3.78. The average molecular weight is 334 g/mol. The van der Waals surface area contributed by atoms with Crippen molar-refractivity contribution in [3.8, 4) is 0 Å². The Balaban J connectivity index is 2.07. The Morgan fingerprint density at radius 1 is 1.25 bits per heavy atom. The first-order valence-corrected chi connectivity index (χ1v) is 7.44. The van der Waals surface area contributed by atoms with Crippen LogP contribution < -0.4 is 5.32 Å². The van der Waals surface area contributed by atoms with Crippen molar-refractivity contribution in [1.29, 1.82) is 0 Å². The SMILES string of the molecule is Cc1ccc(F)c(CN[C@H](CO)[C@H](O)c2ccc([N+](=O)[O-])cc2)c1. The number of non-ortho nitro benzene ring substituents is 1. The summed E-state index contributed by atoms with van der Waals surface area (Å²) in [6, 6.07) is 9.42. The third kappa shape index (κ3) is 4.35. The minimum Gasteiger partial charge on any atom is -0.395 e. The highest BCUT2D eigenvalue weighted by molar-refractivity contribution is 5.34. The molecule has 3 N–H and O–H groups in total. The number of nitrogens with one attached hydrogen (secondary N) is 1. The fourth-order valence-corrected chi connectivity index (χ4v) is 2.38. The summed E-state index contributed by atoms with van der Waals surface area (Å²) in [7, 11) is 0. The summed E-state index contributed by atoms with van der Waals surface area (Å²) in [6.45, 7) is 1.62. The second kappa shape index (κ2) is 7.96. The Morgan fingerprint density at radius 2 is 1.92 bits per heavy atom. The minimum atomic E-state index is -1.08. The summed E-state index contributed by atoms with van der Waals surface area (Å²) in [5.74, 6) is -0.366. The van der Waals surface area contributed by atoms with Gasteiger partial charge in [-0.15, -0.1) is 0 Å². The quantitative estimate of drug-likeness (QED) is 0.533. The number of nitro benzene ring substituents is 1. The number of aliphatic hydroxyl groups excluding tert-OH is 2. The van der Waals surface area contributed by atoms with Crippen LogP contribution in [0.1, 0.15) is 22.8 Å². The van der Waals surface area contributed by atoms with Crippen molar-refractivity contribution in [2.75, 3.05) is 6.61 Å². The van der Waals surface area contributed by atoms with Crippen molar-refractivity contribution in [2.45, 2.75) is 25.6 Å². The molecular weight excluding hydrogens is 315 g/mol. The lowest BCUT2D eigenvalue weighted by Crippen LogP contribution is -2.37. The number of hydrogen-bond donors (Lipinski definition) is 3. The third-order valence-corrected chi connectivity index (χ3v) is 3.78. The van der Waals surface area contributed by atoms with Crippen LogP contribution in [-0.4, -0.2) is 27.8 Å². The van der Waals surface area contributed by atoms with Gasteiger partial charge in [0, 0.05) is 24.2 Å². The Morgan fingerprint density at radius 3 is 2.50 bits per heavy atom. The van der Waals surface area contributed by atoms with E-state index < -0.39 is 17.1 Å². The maximum Gasteiger partial charge on any atom is 0.269 e. The molecule has 0 saturated carbocycles. The zero-order valence-electron chi connectivity index (χ0n) is 13.1. The van der Waals surface area contributed by atoms with Gasteiger partial charge in [0.1, 0.15) is 5.82 Å². The van der Waals surface area contributed by atoms with E-state index in [1.54, 1.807) is 12.1 Å². The van der Waals surface area contributed by atoms with Gasteiger partial charge in [0.05, 0.1) is 23.7 Å². The molecule has 0 fully saturated rings. The molecule has 0 aliphatic carbocycles. The molecule has 0 radical (unpaired) electrons. The molecule has 0 aliphatic rings. The number of nitro groups is 1. The monoisotopic (exact) mass is 334 g/mol. The number of aliphatic hydroxyl groups is 2. The molecule has 2 aromatic rings. The Bertz CT molecular complexity index is 706. The molecule has 0 bridgehead atoms. The molecule has 7 heteroatoms. The van der Waals surface area contributed by atoms with Crippen LogP contribution in [0.25, 0.3) is 0 Å². The summed E-state index contributed by atoms with van der Waals surface area (Å²) in [5, 5.41) is 33.4. The van der Waals surface area contributed by atoms with E-state index in [4.69, 9.17) is 0 Å². The molecule has 0 amide bonds. The number of benzene rings is 2. The number of hydrogen-bond acceptors (Lipinski definition) is 5. The topological polar surface area (TPSA) is 95.6 Å². The van der Waals surface area contributed by atoms with Gasteiger partial charge in [0.15, 0.2) is 0 Å². The van der Waals surface area contributed by atoms with Crippen molar-refractivity contribution in [2.24, 2.45) is 0 Å². The number of halogens is 1. The van der Waals surface area contributed by atoms with Gasteiger partial charge in [0.25, 0.3) is 5.69 Å². The maximum absolute atomic E-state index is 13.7. The average Bonchev–Trinajstić information content (AvgIpc) is 2.58. The van der Waals surface area contributed by atoms with Crippen molar-refractivity contribution in [1.82, 2.24) is 5.32 Å². The van der Waals surface area contributed by atoms with E-state index in [1.807, 2.05) is 6.92 Å². The molecule has 2 rings (SSSR count). The Kier molecular flexibility index (Phi) is 5.97. The standard InChI is InChI=1S/C17H19FN2O4/c1-11-2-7-15(18)13(8-11)9-19-16(10-21)17(22)12-3-5-14(6-4-12)20(23)24/h2-8,16-17,19,21-22H,9-10H2,1H3/t16-,17-/m1/s1. The summed E-state index contributed by atoms with van der Waals surface area (Å²) in [6.07, 6.45) is -1.08. The Hall–Kier alpha value is -2.35. The highest BCUT2D eigenvalue weighted by Crippen LogP contribution is 2.21. The summed E-state index contributed by atoms with van der Waals surface area (Å²) in [5.41, 5.74) is 1.69. The van der Waals surface area contributed by atoms with E-state index in [2.05, 4.69) is 5.32 Å². The molecule has 0 aliphatic heterocycles. The Labute approximate surface area is 138 Å². The highest BCUT2D eigenvalue weighted by Gasteiger charge is 2.21. The van der Waals surface area contributed by atoms with Crippen LogP contribution in [0.5, 0.6) is 0 Å². The van der Waals surface area contributed by atoms with Crippen molar-refractivity contribution >= 4 is 5.69 Å². The van der Waals surface area contributed by atoms with Crippen molar-refractivity contribution in [3.05, 3.63) is 75.1 Å². The van der Waals surface area contributed by atoms with Crippen molar-refractivity contribution < 1.29 is 19.5 Å². The predicted octanol–water partition coefficient (Wildman–Crippen LogP) is 2.23. The summed E-state index contributed by atoms with van der Waals surface area (Å²) >= 11 is 0. The lowest BCUT2D eigenvalue weighted by atomic mass is 10.0. The lowest BCUT2D eigenvalue weighted by Gasteiger charge is -2.23. The van der Waals surface area contributed by atoms with Crippen LogP contribution >= 0.6 is 0 Å². The van der Waals surface area contributed by atoms with Gasteiger partial charge in [-0.05, 0) is 30.7 Å². The van der Waals surface area contributed by atoms with E-state index in [0.717, 1.165) is 5.56 Å². The molecule has 6 nitrogen and oxygen atoms in total. The van der Waals surface area contributed by atoms with Gasteiger partial charge in [-0.25, -0.2) is 4.39 Å². The lowest BCUT2D eigenvalue weighted by molar-refractivity contribution is -0.384. The largest absolute Gasteiger partial charge is 0.395 e. The van der Waals surface area contributed by atoms with Crippen LogP contribution in [0.3, 0.4) is 0 Å². The molecule has 0 spiro atoms. The van der Waals surface area contributed by atoms with Crippen LogP contribution in [0.4, 0.5) is 10.1 Å². The van der Waals surface area contributed by atoms with Crippen LogP contribution in [0.15, 0.2) is 42.5 Å². The van der Waals surface area contributed by atoms with Crippen LogP contribution in [0.2, 0.25) is 0 Å². The smallest absolute Gasteiger partial charge is 0.269 e. The number of aryl methyl sites for hydroxylation is 1. The molecule has 24 heavy (non-hydrogen) atoms. The molecule has 128 valence electrons. The van der Waals surface area contributed by atoms with Gasteiger partial charge in [-0.2, -0.15) is 0 Å². The highest BCUT2D eigenvalue weighted by atomic mass is 19.1. The first kappa shape index (κ1) is 18.0. The van der Waals surface area contributed by atoms with E-state index >= 15 is 0 Å². The number of nitrogens with zero attached hydrogens (tertiary/aromatic N) is 1. The summed E-state index contributed by atoms with van der Waals surface area (Å²) in [4.78, 5) is 10.1. The molecule has 0 saturated heterocycles. The van der Waals surface area contributed by atoms with Crippen LogP contribution in [-0.2, 0) is 6.54 Å². The first-order valence-electron chi connectivity index (χ1n) is 7.44. The maximum atomic E-state index is 13.7. The summed E-state index contributed by atoms with van der Waals surface area (Å²) < 4.78 is 13.7. The molecule has 0 aromatic heterocycles. The van der Waals surface area contributed by atoms with Crippen LogP contribution in [0, 0.1) is 22.9 Å². The van der Waals surface area contributed by atoms with Gasteiger partial charge in [0.2, 0.25) is 0 Å². The number of rotatable bonds is 7. The zero-order valence-corrected chi connectivity index (χ0v) is 13.1. The van der Waals surface area contributed by atoms with E-state index in [9.17, 15) is 24.7 Å². The molecule has 0 unspecified atom stereocenters. The predicted molar refractivity (Wildman–Crippen MR) is 86.9 cm³/mol. The van der Waals surface area contributed by atoms with Gasteiger partial charge >= 0.3 is 0 Å². The van der Waals surface area contributed by atoms with Gasteiger partial charge in [-0.1, -0.05) is 17.7 Å². The van der Waals surface area contributed by atoms with Crippen molar-refractivity contribution in [3.63, 3.8) is 0 Å². The molecule has 0 heterocycles. The second-order valence-corrected chi connectivity index (χ2v) is 5.56. The minimum absolute atomic E-state index is 0.0821. The fraction of sp³-hybridized carbons (Fsp3) is 0.294. The molecule has 2 atom stereocenters.